The number of Topliss-reactive ketones (excluding diaryl/α,β-unsaturated/α-hetero) is 1. The van der Waals surface area contributed by atoms with E-state index in [9.17, 15) is 9.59 Å². The Labute approximate surface area is 117 Å². The Bertz CT molecular complexity index is 457. The molecule has 0 unspecified atom stereocenters. The van der Waals surface area contributed by atoms with Crippen LogP contribution in [-0.4, -0.2) is 37.0 Å². The Balaban J connectivity index is 2.56. The molecule has 0 saturated heterocycles. The topological polar surface area (TPSA) is 52.6 Å². The lowest BCUT2D eigenvalue weighted by molar-refractivity contribution is -0.139. The Morgan fingerprint density at radius 3 is 2.63 bits per heavy atom. The maximum Gasteiger partial charge on any atom is 0.315 e. The van der Waals surface area contributed by atoms with E-state index in [0.29, 0.717) is 17.9 Å². The second-order valence-corrected chi connectivity index (χ2v) is 4.91. The summed E-state index contributed by atoms with van der Waals surface area (Å²) in [6, 6.07) is 5.44. The molecule has 104 valence electrons. The van der Waals surface area contributed by atoms with Crippen molar-refractivity contribution in [2.24, 2.45) is 0 Å². The maximum atomic E-state index is 12.0. The zero-order valence-electron chi connectivity index (χ0n) is 11.4. The number of thioether (sulfide) groups is 1. The summed E-state index contributed by atoms with van der Waals surface area (Å²) in [6.07, 6.45) is 0. The first-order valence-corrected chi connectivity index (χ1v) is 7.15. The number of hydrogen-bond acceptors (Lipinski definition) is 5. The zero-order chi connectivity index (χ0) is 14.3. The molecule has 0 fully saturated rings. The third-order valence-electron chi connectivity index (χ3n) is 2.42. The summed E-state index contributed by atoms with van der Waals surface area (Å²) in [4.78, 5) is 23.2. The summed E-state index contributed by atoms with van der Waals surface area (Å²) in [6.45, 7) is 4.05. The minimum Gasteiger partial charge on any atom is -0.496 e. The molecule has 19 heavy (non-hydrogen) atoms. The number of hydrogen-bond donors (Lipinski definition) is 0. The van der Waals surface area contributed by atoms with Crippen molar-refractivity contribution < 1.29 is 19.1 Å². The number of esters is 1. The first kappa shape index (κ1) is 15.6. The third kappa shape index (κ3) is 4.95. The minimum atomic E-state index is -0.295. The van der Waals surface area contributed by atoms with Crippen molar-refractivity contribution in [2.45, 2.75) is 13.8 Å². The van der Waals surface area contributed by atoms with E-state index < -0.39 is 0 Å². The lowest BCUT2D eigenvalue weighted by Crippen LogP contribution is -2.10. The Hall–Kier alpha value is -1.49. The van der Waals surface area contributed by atoms with Gasteiger partial charge in [-0.3, -0.25) is 9.59 Å². The summed E-state index contributed by atoms with van der Waals surface area (Å²) in [5, 5.41) is 0. The summed E-state index contributed by atoms with van der Waals surface area (Å²) in [5.41, 5.74) is 1.58. The van der Waals surface area contributed by atoms with Crippen molar-refractivity contribution in [3.8, 4) is 5.75 Å². The van der Waals surface area contributed by atoms with Crippen LogP contribution in [0.25, 0.3) is 0 Å². The van der Waals surface area contributed by atoms with Crippen LogP contribution in [0.2, 0.25) is 0 Å². The number of benzene rings is 1. The zero-order valence-corrected chi connectivity index (χ0v) is 12.2. The van der Waals surface area contributed by atoms with Gasteiger partial charge in [0.15, 0.2) is 5.78 Å². The third-order valence-corrected chi connectivity index (χ3v) is 3.32. The molecule has 5 heteroatoms. The smallest absolute Gasteiger partial charge is 0.315 e. The van der Waals surface area contributed by atoms with Gasteiger partial charge in [-0.1, -0.05) is 6.07 Å². The molecule has 1 aromatic carbocycles. The van der Waals surface area contributed by atoms with E-state index in [4.69, 9.17) is 9.47 Å². The van der Waals surface area contributed by atoms with Crippen LogP contribution < -0.4 is 4.74 Å². The molecule has 1 rings (SSSR count). The molecular formula is C14H18O4S. The number of carbonyl (C=O) groups excluding carboxylic acids is 2. The van der Waals surface area contributed by atoms with Crippen molar-refractivity contribution in [3.63, 3.8) is 0 Å². The van der Waals surface area contributed by atoms with E-state index in [-0.39, 0.29) is 23.3 Å². The molecule has 1 aromatic rings. The second kappa shape index (κ2) is 7.84. The average Bonchev–Trinajstić information content (AvgIpc) is 2.38. The van der Waals surface area contributed by atoms with E-state index >= 15 is 0 Å². The summed E-state index contributed by atoms with van der Waals surface area (Å²) in [5.74, 6) is 0.649. The van der Waals surface area contributed by atoms with Crippen LogP contribution in [0.1, 0.15) is 22.8 Å². The van der Waals surface area contributed by atoms with Crippen molar-refractivity contribution >= 4 is 23.5 Å². The molecule has 0 heterocycles. The maximum absolute atomic E-state index is 12.0. The van der Waals surface area contributed by atoms with Crippen LogP contribution in [0, 0.1) is 6.92 Å². The highest BCUT2D eigenvalue weighted by atomic mass is 32.2. The van der Waals surface area contributed by atoms with Gasteiger partial charge in [0.25, 0.3) is 0 Å². The van der Waals surface area contributed by atoms with E-state index in [1.807, 2.05) is 19.1 Å². The van der Waals surface area contributed by atoms with Gasteiger partial charge in [0.05, 0.1) is 30.8 Å². The number of rotatable bonds is 7. The van der Waals surface area contributed by atoms with Gasteiger partial charge >= 0.3 is 5.97 Å². The Kier molecular flexibility index (Phi) is 6.42. The van der Waals surface area contributed by atoms with Crippen LogP contribution in [0.3, 0.4) is 0 Å². The molecule has 0 spiro atoms. The Morgan fingerprint density at radius 1 is 1.26 bits per heavy atom. The fourth-order valence-electron chi connectivity index (χ4n) is 1.54. The molecule has 0 aromatic heterocycles. The SMILES string of the molecule is CCOC(=O)CSCC(=O)c1ccc(C)cc1OC. The molecule has 4 nitrogen and oxygen atoms in total. The number of carbonyl (C=O) groups is 2. The predicted molar refractivity (Wildman–Crippen MR) is 76.0 cm³/mol. The summed E-state index contributed by atoms with van der Waals surface area (Å²) >= 11 is 1.25. The lowest BCUT2D eigenvalue weighted by Gasteiger charge is -2.08. The van der Waals surface area contributed by atoms with E-state index in [2.05, 4.69) is 0 Å². The number of ketones is 1. The first-order valence-electron chi connectivity index (χ1n) is 5.99. The predicted octanol–water partition coefficient (Wildman–Crippen LogP) is 2.48. The quantitative estimate of drug-likeness (QED) is 0.568. The normalized spacial score (nSPS) is 10.1. The fraction of sp³-hybridized carbons (Fsp3) is 0.429. The van der Waals surface area contributed by atoms with Crippen LogP contribution >= 0.6 is 11.8 Å². The van der Waals surface area contributed by atoms with Gasteiger partial charge in [-0.25, -0.2) is 0 Å². The summed E-state index contributed by atoms with van der Waals surface area (Å²) < 4.78 is 9.99. The molecule has 0 aliphatic rings. The molecule has 0 radical (unpaired) electrons. The molecule has 0 saturated carbocycles. The monoisotopic (exact) mass is 282 g/mol. The minimum absolute atomic E-state index is 0.0499. The van der Waals surface area contributed by atoms with Crippen molar-refractivity contribution in [1.82, 2.24) is 0 Å². The number of ether oxygens (including phenoxy) is 2. The number of aryl methyl sites for hydroxylation is 1. The van der Waals surface area contributed by atoms with E-state index in [1.165, 1.54) is 18.9 Å². The van der Waals surface area contributed by atoms with Crippen molar-refractivity contribution in [3.05, 3.63) is 29.3 Å². The molecule has 0 aliphatic heterocycles. The highest BCUT2D eigenvalue weighted by molar-refractivity contribution is 8.00. The van der Waals surface area contributed by atoms with E-state index in [0.717, 1.165) is 5.56 Å². The molecule has 0 atom stereocenters. The van der Waals surface area contributed by atoms with Gasteiger partial charge in [-0.05, 0) is 31.5 Å². The molecule has 0 aliphatic carbocycles. The van der Waals surface area contributed by atoms with Crippen LogP contribution in [-0.2, 0) is 9.53 Å². The average molecular weight is 282 g/mol. The highest BCUT2D eigenvalue weighted by Crippen LogP contribution is 2.21. The lowest BCUT2D eigenvalue weighted by atomic mass is 10.1. The number of methoxy groups -OCH3 is 1. The van der Waals surface area contributed by atoms with Gasteiger partial charge in [0.1, 0.15) is 5.75 Å². The van der Waals surface area contributed by atoms with Crippen LogP contribution in [0.4, 0.5) is 0 Å². The second-order valence-electron chi connectivity index (χ2n) is 3.92. The van der Waals surface area contributed by atoms with Gasteiger partial charge in [0, 0.05) is 0 Å². The first-order chi connectivity index (χ1) is 9.08. The largest absolute Gasteiger partial charge is 0.496 e. The van der Waals surface area contributed by atoms with Crippen molar-refractivity contribution in [2.75, 3.05) is 25.2 Å². The van der Waals surface area contributed by atoms with Crippen LogP contribution in [0.5, 0.6) is 5.75 Å². The Morgan fingerprint density at radius 2 is 2.00 bits per heavy atom. The van der Waals surface area contributed by atoms with Gasteiger partial charge in [-0.2, -0.15) is 0 Å². The van der Waals surface area contributed by atoms with Gasteiger partial charge in [-0.15, -0.1) is 11.8 Å². The van der Waals surface area contributed by atoms with Gasteiger partial charge < -0.3 is 9.47 Å². The van der Waals surface area contributed by atoms with Crippen LogP contribution in [0.15, 0.2) is 18.2 Å². The summed E-state index contributed by atoms with van der Waals surface area (Å²) in [7, 11) is 1.54. The van der Waals surface area contributed by atoms with E-state index in [1.54, 1.807) is 13.0 Å². The standard InChI is InChI=1S/C14H18O4S/c1-4-18-14(16)9-19-8-12(15)11-6-5-10(2)7-13(11)17-3/h5-7H,4,8-9H2,1-3H3. The highest BCUT2D eigenvalue weighted by Gasteiger charge is 2.13. The molecule has 0 bridgehead atoms. The fourth-order valence-corrected chi connectivity index (χ4v) is 2.23. The molecule has 0 amide bonds. The van der Waals surface area contributed by atoms with Crippen molar-refractivity contribution in [1.29, 1.82) is 0 Å². The molecular weight excluding hydrogens is 264 g/mol. The molecule has 0 N–H and O–H groups in total. The van der Waals surface area contributed by atoms with Gasteiger partial charge in [0.2, 0.25) is 0 Å².